The Kier molecular flexibility index (Phi) is 5.95. The van der Waals surface area contributed by atoms with E-state index in [0.717, 1.165) is 32.7 Å². The largest absolute Gasteiger partial charge is 0.393 e. The van der Waals surface area contributed by atoms with Gasteiger partial charge in [-0.1, -0.05) is 30.4 Å². The normalized spacial score (nSPS) is 13.7. The topological polar surface area (TPSA) is 38.5 Å². The predicted molar refractivity (Wildman–Crippen MR) is 87.0 cm³/mol. The summed E-state index contributed by atoms with van der Waals surface area (Å²) in [5, 5.41) is 0. The zero-order valence-corrected chi connectivity index (χ0v) is 13.0. The lowest BCUT2D eigenvalue weighted by Crippen LogP contribution is -2.30. The number of ether oxygens (including phenoxy) is 1. The van der Waals surface area contributed by atoms with Crippen molar-refractivity contribution >= 4 is 17.2 Å². The highest BCUT2D eigenvalue weighted by atomic mass is 32.1. The summed E-state index contributed by atoms with van der Waals surface area (Å²) >= 11 is 4.98. The number of fused-ring (bicyclic) bond motifs is 1. The third kappa shape index (κ3) is 4.54. The van der Waals surface area contributed by atoms with Gasteiger partial charge in [0.2, 0.25) is 0 Å². The molecular weight excluding hydrogens is 268 g/mol. The van der Waals surface area contributed by atoms with E-state index >= 15 is 0 Å². The van der Waals surface area contributed by atoms with Crippen molar-refractivity contribution in [3.05, 3.63) is 34.9 Å². The van der Waals surface area contributed by atoms with Gasteiger partial charge in [0.05, 0.1) is 11.6 Å². The minimum atomic E-state index is 0.585. The van der Waals surface area contributed by atoms with Gasteiger partial charge in [0, 0.05) is 33.2 Å². The molecule has 0 aromatic heterocycles. The molecule has 1 aromatic carbocycles. The molecule has 2 rings (SSSR count). The first-order chi connectivity index (χ1) is 9.69. The van der Waals surface area contributed by atoms with Crippen molar-refractivity contribution in [3.63, 3.8) is 0 Å². The van der Waals surface area contributed by atoms with Gasteiger partial charge in [0.15, 0.2) is 0 Å². The van der Waals surface area contributed by atoms with Gasteiger partial charge in [-0.05, 0) is 36.0 Å². The van der Waals surface area contributed by atoms with E-state index in [-0.39, 0.29) is 0 Å². The maximum Gasteiger partial charge on any atom is 0.0740 e. The first-order valence-electron chi connectivity index (χ1n) is 7.29. The lowest BCUT2D eigenvalue weighted by molar-refractivity contribution is 0.146. The number of hydrogen-bond acceptors (Lipinski definition) is 3. The highest BCUT2D eigenvalue weighted by Crippen LogP contribution is 2.23. The van der Waals surface area contributed by atoms with Crippen LogP contribution in [0.15, 0.2) is 18.2 Å². The van der Waals surface area contributed by atoms with Gasteiger partial charge in [-0.2, -0.15) is 0 Å². The van der Waals surface area contributed by atoms with Crippen LogP contribution in [0.3, 0.4) is 0 Å². The number of benzene rings is 1. The molecule has 0 saturated heterocycles. The van der Waals surface area contributed by atoms with Crippen molar-refractivity contribution in [2.45, 2.75) is 32.2 Å². The van der Waals surface area contributed by atoms with Gasteiger partial charge in [0.1, 0.15) is 0 Å². The van der Waals surface area contributed by atoms with E-state index in [0.29, 0.717) is 4.99 Å². The van der Waals surface area contributed by atoms with E-state index in [1.165, 1.54) is 36.0 Å². The minimum absolute atomic E-state index is 0.585. The van der Waals surface area contributed by atoms with Crippen molar-refractivity contribution in [1.29, 1.82) is 0 Å². The molecule has 110 valence electrons. The summed E-state index contributed by atoms with van der Waals surface area (Å²) in [6.45, 7) is 3.49. The molecule has 1 aliphatic carbocycles. The first-order valence-corrected chi connectivity index (χ1v) is 7.70. The van der Waals surface area contributed by atoms with Crippen molar-refractivity contribution < 1.29 is 4.74 Å². The predicted octanol–water partition coefficient (Wildman–Crippen LogP) is 2.30. The fourth-order valence-electron chi connectivity index (χ4n) is 2.74. The average molecular weight is 292 g/mol. The van der Waals surface area contributed by atoms with Crippen LogP contribution in [0.5, 0.6) is 0 Å². The van der Waals surface area contributed by atoms with Crippen molar-refractivity contribution in [3.8, 4) is 0 Å². The Hall–Kier alpha value is -0.970. The summed E-state index contributed by atoms with van der Waals surface area (Å²) in [5.74, 6) is 0. The highest BCUT2D eigenvalue weighted by Gasteiger charge is 2.12. The molecule has 0 radical (unpaired) electrons. The van der Waals surface area contributed by atoms with Crippen LogP contribution in [0.4, 0.5) is 0 Å². The Morgan fingerprint density at radius 1 is 1.30 bits per heavy atom. The fraction of sp³-hybridized carbons (Fsp3) is 0.562. The van der Waals surface area contributed by atoms with Crippen molar-refractivity contribution in [2.24, 2.45) is 5.73 Å². The summed E-state index contributed by atoms with van der Waals surface area (Å²) < 4.78 is 5.19. The monoisotopic (exact) mass is 292 g/mol. The molecule has 0 atom stereocenters. The lowest BCUT2D eigenvalue weighted by Gasteiger charge is -2.22. The highest BCUT2D eigenvalue weighted by molar-refractivity contribution is 7.80. The summed E-state index contributed by atoms with van der Waals surface area (Å²) in [6, 6.07) is 6.91. The second kappa shape index (κ2) is 7.72. The Morgan fingerprint density at radius 3 is 2.85 bits per heavy atom. The molecule has 0 heterocycles. The maximum absolute atomic E-state index is 5.61. The Bertz CT molecular complexity index is 462. The van der Waals surface area contributed by atoms with Crippen LogP contribution in [0, 0.1) is 0 Å². The molecule has 0 amide bonds. The van der Waals surface area contributed by atoms with Crippen molar-refractivity contribution in [2.75, 3.05) is 26.8 Å². The summed E-state index contributed by atoms with van der Waals surface area (Å²) in [6.07, 6.45) is 4.54. The minimum Gasteiger partial charge on any atom is -0.393 e. The average Bonchev–Trinajstić information content (AvgIpc) is 2.89. The fourth-order valence-corrected chi connectivity index (χ4v) is 2.83. The number of rotatable bonds is 8. The Morgan fingerprint density at radius 2 is 2.10 bits per heavy atom. The van der Waals surface area contributed by atoms with Crippen LogP contribution in [0.1, 0.15) is 29.5 Å². The standard InChI is InChI=1S/C16H24N2OS/c1-19-10-9-18(8-7-16(17)20)12-13-5-6-14-3-2-4-15(14)11-13/h5-6,11H,2-4,7-10,12H2,1H3,(H2,17,20). The summed E-state index contributed by atoms with van der Waals surface area (Å²) in [4.78, 5) is 2.95. The van der Waals surface area contributed by atoms with Crippen LogP contribution in [0.2, 0.25) is 0 Å². The number of nitrogens with two attached hydrogens (primary N) is 1. The molecule has 1 aromatic rings. The molecular formula is C16H24N2OS. The van der Waals surface area contributed by atoms with Gasteiger partial charge < -0.3 is 10.5 Å². The quantitative estimate of drug-likeness (QED) is 0.746. The Balaban J connectivity index is 1.96. The lowest BCUT2D eigenvalue weighted by atomic mass is 10.1. The molecule has 0 spiro atoms. The number of aryl methyl sites for hydroxylation is 2. The van der Waals surface area contributed by atoms with Gasteiger partial charge in [-0.25, -0.2) is 0 Å². The second-order valence-corrected chi connectivity index (χ2v) is 5.97. The maximum atomic E-state index is 5.61. The van der Waals surface area contributed by atoms with Crippen LogP contribution in [-0.4, -0.2) is 36.7 Å². The Labute approximate surface area is 127 Å². The van der Waals surface area contributed by atoms with E-state index in [2.05, 4.69) is 23.1 Å². The number of hydrogen-bond donors (Lipinski definition) is 1. The van der Waals surface area contributed by atoms with Crippen molar-refractivity contribution in [1.82, 2.24) is 4.90 Å². The van der Waals surface area contributed by atoms with Crippen LogP contribution < -0.4 is 5.73 Å². The van der Waals surface area contributed by atoms with E-state index in [1.807, 2.05) is 0 Å². The summed E-state index contributed by atoms with van der Waals surface area (Å²) in [5.41, 5.74) is 10.0. The second-order valence-electron chi connectivity index (χ2n) is 5.44. The number of nitrogens with zero attached hydrogens (tertiary/aromatic N) is 1. The zero-order chi connectivity index (χ0) is 14.4. The van der Waals surface area contributed by atoms with E-state index < -0.39 is 0 Å². The molecule has 2 N–H and O–H groups in total. The molecule has 0 saturated carbocycles. The molecule has 4 heteroatoms. The van der Waals surface area contributed by atoms with Gasteiger partial charge in [0.25, 0.3) is 0 Å². The molecule has 0 fully saturated rings. The van der Waals surface area contributed by atoms with E-state index in [9.17, 15) is 0 Å². The van der Waals surface area contributed by atoms with E-state index in [4.69, 9.17) is 22.7 Å². The molecule has 0 aliphatic heterocycles. The van der Waals surface area contributed by atoms with Crippen LogP contribution >= 0.6 is 12.2 Å². The third-order valence-corrected chi connectivity index (χ3v) is 4.06. The molecule has 0 bridgehead atoms. The van der Waals surface area contributed by atoms with Gasteiger partial charge in [-0.3, -0.25) is 4.90 Å². The van der Waals surface area contributed by atoms with Gasteiger partial charge >= 0.3 is 0 Å². The summed E-state index contributed by atoms with van der Waals surface area (Å²) in [7, 11) is 1.74. The van der Waals surface area contributed by atoms with Gasteiger partial charge in [-0.15, -0.1) is 0 Å². The zero-order valence-electron chi connectivity index (χ0n) is 12.2. The van der Waals surface area contributed by atoms with E-state index in [1.54, 1.807) is 7.11 Å². The smallest absolute Gasteiger partial charge is 0.0740 e. The third-order valence-electron chi connectivity index (χ3n) is 3.86. The van der Waals surface area contributed by atoms with Crippen LogP contribution in [-0.2, 0) is 24.1 Å². The number of thiocarbonyl (C=S) groups is 1. The molecule has 20 heavy (non-hydrogen) atoms. The molecule has 3 nitrogen and oxygen atoms in total. The molecule has 1 aliphatic rings. The SMILES string of the molecule is COCCN(CCC(N)=S)Cc1ccc2c(c1)CCC2. The molecule has 0 unspecified atom stereocenters. The first kappa shape index (κ1) is 15.4. The van der Waals surface area contributed by atoms with Crippen LogP contribution in [0.25, 0.3) is 0 Å². The number of methoxy groups -OCH3 is 1.